The van der Waals surface area contributed by atoms with Crippen molar-refractivity contribution in [2.75, 3.05) is 6.61 Å². The third kappa shape index (κ3) is 1.85. The van der Waals surface area contributed by atoms with Crippen molar-refractivity contribution < 1.29 is 15.3 Å². The normalized spacial score (nSPS) is 15.4. The average Bonchev–Trinajstić information content (AvgIpc) is 2.73. The van der Waals surface area contributed by atoms with Crippen LogP contribution in [0.5, 0.6) is 0 Å². The molecule has 4 N–H and O–H groups in total. The molecule has 0 aromatic carbocycles. The van der Waals surface area contributed by atoms with E-state index in [1.54, 1.807) is 12.3 Å². The Kier molecular flexibility index (Phi) is 2.68. The van der Waals surface area contributed by atoms with Crippen molar-refractivity contribution in [3.63, 3.8) is 0 Å². The molecule has 0 aliphatic rings. The lowest BCUT2D eigenvalue weighted by molar-refractivity contribution is -0.0153. The van der Waals surface area contributed by atoms with Crippen molar-refractivity contribution in [3.8, 4) is 0 Å². The van der Waals surface area contributed by atoms with Crippen LogP contribution in [0.25, 0.3) is 11.0 Å². The van der Waals surface area contributed by atoms with Gasteiger partial charge in [-0.1, -0.05) is 0 Å². The molecule has 0 saturated heterocycles. The van der Waals surface area contributed by atoms with Crippen LogP contribution in [0.15, 0.2) is 24.5 Å². The molecule has 2 aromatic rings. The number of hydrogen-bond donors (Lipinski definition) is 4. The lowest BCUT2D eigenvalue weighted by Crippen LogP contribution is -2.22. The van der Waals surface area contributed by atoms with Gasteiger partial charge in [0.15, 0.2) is 0 Å². The molecule has 2 aromatic heterocycles. The van der Waals surface area contributed by atoms with Gasteiger partial charge in [0.2, 0.25) is 0 Å². The molecule has 0 aliphatic carbocycles. The number of pyridine rings is 1. The molecule has 80 valence electrons. The molecule has 2 atom stereocenters. The molecule has 0 bridgehead atoms. The number of aliphatic hydroxyl groups excluding tert-OH is 3. The largest absolute Gasteiger partial charge is 0.394 e. The second-order valence-electron chi connectivity index (χ2n) is 3.37. The number of nitrogens with zero attached hydrogens (tertiary/aromatic N) is 1. The lowest BCUT2D eigenvalue weighted by Gasteiger charge is -2.15. The van der Waals surface area contributed by atoms with E-state index in [1.807, 2.05) is 6.07 Å². The summed E-state index contributed by atoms with van der Waals surface area (Å²) >= 11 is 0. The maximum atomic E-state index is 9.62. The van der Waals surface area contributed by atoms with Crippen LogP contribution in [-0.2, 0) is 0 Å². The van der Waals surface area contributed by atoms with Crippen molar-refractivity contribution in [3.05, 3.63) is 30.1 Å². The summed E-state index contributed by atoms with van der Waals surface area (Å²) in [5, 5.41) is 27.6. The summed E-state index contributed by atoms with van der Waals surface area (Å²) in [6.07, 6.45) is 0.935. The van der Waals surface area contributed by atoms with E-state index in [1.165, 1.54) is 6.20 Å². The van der Waals surface area contributed by atoms with Crippen molar-refractivity contribution in [2.45, 2.75) is 12.2 Å². The second-order valence-corrected chi connectivity index (χ2v) is 3.37. The van der Waals surface area contributed by atoms with Gasteiger partial charge in [0, 0.05) is 18.0 Å². The van der Waals surface area contributed by atoms with Crippen LogP contribution in [0.1, 0.15) is 11.7 Å². The van der Waals surface area contributed by atoms with Gasteiger partial charge in [0.25, 0.3) is 0 Å². The molecule has 0 amide bonds. The summed E-state index contributed by atoms with van der Waals surface area (Å²) in [6, 6.07) is 3.51. The first-order chi connectivity index (χ1) is 7.22. The van der Waals surface area contributed by atoms with Crippen molar-refractivity contribution >= 4 is 11.0 Å². The molecule has 0 aliphatic heterocycles. The highest BCUT2D eigenvalue weighted by Gasteiger charge is 2.18. The first-order valence-electron chi connectivity index (χ1n) is 4.62. The zero-order valence-electron chi connectivity index (χ0n) is 7.96. The first kappa shape index (κ1) is 10.1. The Bertz CT molecular complexity index is 455. The molecule has 15 heavy (non-hydrogen) atoms. The number of aromatic nitrogens is 2. The number of aliphatic hydroxyl groups is 3. The summed E-state index contributed by atoms with van der Waals surface area (Å²) in [7, 11) is 0. The van der Waals surface area contributed by atoms with E-state index in [0.29, 0.717) is 5.56 Å². The molecule has 2 unspecified atom stereocenters. The van der Waals surface area contributed by atoms with Crippen LogP contribution >= 0.6 is 0 Å². The predicted molar refractivity (Wildman–Crippen MR) is 54.1 cm³/mol. The van der Waals surface area contributed by atoms with E-state index in [9.17, 15) is 10.2 Å². The highest BCUT2D eigenvalue weighted by atomic mass is 16.4. The van der Waals surface area contributed by atoms with Crippen LogP contribution < -0.4 is 0 Å². The smallest absolute Gasteiger partial charge is 0.109 e. The van der Waals surface area contributed by atoms with E-state index in [4.69, 9.17) is 5.11 Å². The molecular formula is C10H12N2O3. The first-order valence-corrected chi connectivity index (χ1v) is 4.62. The molecule has 5 nitrogen and oxygen atoms in total. The van der Waals surface area contributed by atoms with E-state index in [2.05, 4.69) is 9.97 Å². The van der Waals surface area contributed by atoms with E-state index in [0.717, 1.165) is 11.0 Å². The second kappa shape index (κ2) is 3.98. The zero-order chi connectivity index (χ0) is 10.8. The zero-order valence-corrected chi connectivity index (χ0v) is 7.96. The summed E-state index contributed by atoms with van der Waals surface area (Å²) < 4.78 is 0. The van der Waals surface area contributed by atoms with Crippen LogP contribution in [0.4, 0.5) is 0 Å². The van der Waals surface area contributed by atoms with Gasteiger partial charge in [0.05, 0.1) is 17.6 Å². The Morgan fingerprint density at radius 3 is 2.93 bits per heavy atom. The number of rotatable bonds is 3. The fourth-order valence-corrected chi connectivity index (χ4v) is 1.43. The maximum Gasteiger partial charge on any atom is 0.109 e. The molecule has 0 spiro atoms. The van der Waals surface area contributed by atoms with Crippen LogP contribution in [0, 0.1) is 0 Å². The van der Waals surface area contributed by atoms with Gasteiger partial charge in [-0.25, -0.2) is 0 Å². The van der Waals surface area contributed by atoms with Crippen LogP contribution in [0.3, 0.4) is 0 Å². The monoisotopic (exact) mass is 208 g/mol. The van der Waals surface area contributed by atoms with E-state index in [-0.39, 0.29) is 0 Å². The minimum atomic E-state index is -1.18. The molecule has 5 heteroatoms. The molecule has 0 saturated carbocycles. The van der Waals surface area contributed by atoms with E-state index < -0.39 is 18.8 Å². The number of H-pyrrole nitrogens is 1. The van der Waals surface area contributed by atoms with Gasteiger partial charge in [-0.2, -0.15) is 0 Å². The Balaban J connectivity index is 2.35. The molecule has 2 heterocycles. The third-order valence-electron chi connectivity index (χ3n) is 2.31. The summed E-state index contributed by atoms with van der Waals surface area (Å²) in [4.78, 5) is 7.05. The SMILES string of the molecule is OCC(O)C(O)c1cnc2cc[nH]c2c1. The van der Waals surface area contributed by atoms with Gasteiger partial charge in [-0.3, -0.25) is 4.98 Å². The quantitative estimate of drug-likeness (QED) is 0.569. The van der Waals surface area contributed by atoms with Gasteiger partial charge in [-0.15, -0.1) is 0 Å². The van der Waals surface area contributed by atoms with Crippen molar-refractivity contribution in [1.29, 1.82) is 0 Å². The minimum absolute atomic E-state index is 0.478. The summed E-state index contributed by atoms with van der Waals surface area (Å²) in [5.41, 5.74) is 2.06. The van der Waals surface area contributed by atoms with Crippen LogP contribution in [-0.4, -0.2) is 38.0 Å². The highest BCUT2D eigenvalue weighted by molar-refractivity contribution is 5.75. The molecule has 0 radical (unpaired) electrons. The third-order valence-corrected chi connectivity index (χ3v) is 2.31. The number of nitrogens with one attached hydrogen (secondary N) is 1. The molecule has 0 fully saturated rings. The van der Waals surface area contributed by atoms with Gasteiger partial charge >= 0.3 is 0 Å². The number of hydrogen-bond acceptors (Lipinski definition) is 4. The van der Waals surface area contributed by atoms with Gasteiger partial charge < -0.3 is 20.3 Å². The average molecular weight is 208 g/mol. The maximum absolute atomic E-state index is 9.62. The Morgan fingerprint density at radius 1 is 1.40 bits per heavy atom. The highest BCUT2D eigenvalue weighted by Crippen LogP contribution is 2.19. The van der Waals surface area contributed by atoms with E-state index >= 15 is 0 Å². The molecule has 2 rings (SSSR count). The van der Waals surface area contributed by atoms with Gasteiger partial charge in [-0.05, 0) is 12.1 Å². The Morgan fingerprint density at radius 2 is 2.20 bits per heavy atom. The predicted octanol–water partition coefficient (Wildman–Crippen LogP) is -0.0505. The Labute approximate surface area is 86.0 Å². The van der Waals surface area contributed by atoms with Crippen molar-refractivity contribution in [2.24, 2.45) is 0 Å². The minimum Gasteiger partial charge on any atom is -0.394 e. The standard InChI is InChI=1S/C10H12N2O3/c13-5-9(14)10(15)6-3-8-7(12-4-6)1-2-11-8/h1-4,9-11,13-15H,5H2. The van der Waals surface area contributed by atoms with Crippen LogP contribution in [0.2, 0.25) is 0 Å². The number of fused-ring (bicyclic) bond motifs is 1. The summed E-state index contributed by atoms with van der Waals surface area (Å²) in [5.74, 6) is 0. The van der Waals surface area contributed by atoms with Crippen molar-refractivity contribution in [1.82, 2.24) is 9.97 Å². The molecular weight excluding hydrogens is 196 g/mol. The Hall–Kier alpha value is -1.43. The fraction of sp³-hybridized carbons (Fsp3) is 0.300. The van der Waals surface area contributed by atoms with Gasteiger partial charge in [0.1, 0.15) is 12.2 Å². The fourth-order valence-electron chi connectivity index (χ4n) is 1.43. The topological polar surface area (TPSA) is 89.4 Å². The number of aromatic amines is 1. The summed E-state index contributed by atoms with van der Waals surface area (Å²) in [6.45, 7) is -0.482. The lowest BCUT2D eigenvalue weighted by atomic mass is 10.1.